The molecule has 18 heavy (non-hydrogen) atoms. The van der Waals surface area contributed by atoms with Crippen molar-refractivity contribution in [1.82, 2.24) is 10.0 Å². The van der Waals surface area contributed by atoms with Crippen LogP contribution in [-0.4, -0.2) is 33.3 Å². The minimum atomic E-state index is -3.55. The first-order valence-corrected chi connectivity index (χ1v) is 6.85. The fourth-order valence-corrected chi connectivity index (χ4v) is 2.93. The van der Waals surface area contributed by atoms with Crippen molar-refractivity contribution in [2.75, 3.05) is 7.05 Å². The minimum absolute atomic E-state index is 0.188. The average molecular weight is 267 g/mol. The molecule has 96 valence electrons. The molecular formula is C11H13N3O3S. The van der Waals surface area contributed by atoms with Gasteiger partial charge in [-0.05, 0) is 19.1 Å². The average Bonchev–Trinajstić information content (AvgIpc) is 2.61. The lowest BCUT2D eigenvalue weighted by Gasteiger charge is -2.06. The van der Waals surface area contributed by atoms with Gasteiger partial charge in [0.05, 0.1) is 4.90 Å². The van der Waals surface area contributed by atoms with E-state index in [0.717, 1.165) is 0 Å². The number of carbonyl (C=O) groups excluding carboxylic acids is 1. The molecule has 7 heteroatoms. The van der Waals surface area contributed by atoms with E-state index in [9.17, 15) is 13.2 Å². The molecule has 0 fully saturated rings. The zero-order valence-electron chi connectivity index (χ0n) is 9.97. The standard InChI is InChI=1S/C11H13N3O3S/c1-7(11(15)12-2)13-10-8-5-3-4-6-9(8)18(16,17)14-10/h3-7H,1-2H3,(H,12,15)(H,13,14). The van der Waals surface area contributed by atoms with Crippen LogP contribution in [0.3, 0.4) is 0 Å². The van der Waals surface area contributed by atoms with Crippen LogP contribution in [0.25, 0.3) is 0 Å². The van der Waals surface area contributed by atoms with Gasteiger partial charge in [-0.2, -0.15) is 0 Å². The predicted octanol–water partition coefficient (Wildman–Crippen LogP) is -0.140. The summed E-state index contributed by atoms with van der Waals surface area (Å²) in [6.45, 7) is 1.60. The number of fused-ring (bicyclic) bond motifs is 1. The Labute approximate surface area is 105 Å². The van der Waals surface area contributed by atoms with Crippen LogP contribution in [0.15, 0.2) is 34.2 Å². The maximum atomic E-state index is 11.8. The van der Waals surface area contributed by atoms with E-state index in [1.54, 1.807) is 25.1 Å². The molecule has 0 saturated carbocycles. The van der Waals surface area contributed by atoms with Crippen LogP contribution in [0.4, 0.5) is 0 Å². The van der Waals surface area contributed by atoms with Crippen molar-refractivity contribution in [3.63, 3.8) is 0 Å². The second-order valence-electron chi connectivity index (χ2n) is 3.87. The minimum Gasteiger partial charge on any atom is -0.357 e. The molecule has 1 aromatic carbocycles. The fourth-order valence-electron chi connectivity index (χ4n) is 1.69. The Bertz CT molecular complexity index is 622. The molecule has 0 aromatic heterocycles. The van der Waals surface area contributed by atoms with Gasteiger partial charge in [0, 0.05) is 12.6 Å². The third kappa shape index (κ3) is 2.08. The molecule has 0 radical (unpaired) electrons. The highest BCUT2D eigenvalue weighted by molar-refractivity contribution is 7.90. The van der Waals surface area contributed by atoms with Gasteiger partial charge in [0.15, 0.2) is 0 Å². The van der Waals surface area contributed by atoms with Gasteiger partial charge in [0.2, 0.25) is 5.91 Å². The molecule has 6 nitrogen and oxygen atoms in total. The van der Waals surface area contributed by atoms with E-state index in [2.05, 4.69) is 15.0 Å². The SMILES string of the molecule is CNC(=O)C(C)N=C1NS(=O)(=O)c2ccccc21. The number of rotatable bonds is 2. The summed E-state index contributed by atoms with van der Waals surface area (Å²) in [5, 5.41) is 2.46. The quantitative estimate of drug-likeness (QED) is 0.781. The molecule has 1 aromatic rings. The largest absolute Gasteiger partial charge is 0.357 e. The Balaban J connectivity index is 2.45. The van der Waals surface area contributed by atoms with Crippen molar-refractivity contribution in [2.24, 2.45) is 4.99 Å². The van der Waals surface area contributed by atoms with Crippen molar-refractivity contribution < 1.29 is 13.2 Å². The number of sulfonamides is 1. The van der Waals surface area contributed by atoms with Gasteiger partial charge in [-0.25, -0.2) is 8.42 Å². The lowest BCUT2D eigenvalue weighted by molar-refractivity contribution is -0.121. The number of amidine groups is 1. The van der Waals surface area contributed by atoms with Gasteiger partial charge in [0.1, 0.15) is 11.9 Å². The number of nitrogens with zero attached hydrogens (tertiary/aromatic N) is 1. The van der Waals surface area contributed by atoms with E-state index in [-0.39, 0.29) is 16.6 Å². The maximum absolute atomic E-state index is 11.8. The van der Waals surface area contributed by atoms with Gasteiger partial charge in [-0.3, -0.25) is 14.5 Å². The maximum Gasteiger partial charge on any atom is 0.263 e. The monoisotopic (exact) mass is 267 g/mol. The molecule has 0 bridgehead atoms. The lowest BCUT2D eigenvalue weighted by Crippen LogP contribution is -2.31. The molecule has 1 aliphatic rings. The number of benzene rings is 1. The normalized spacial score (nSPS) is 20.0. The van der Waals surface area contributed by atoms with Gasteiger partial charge in [-0.1, -0.05) is 12.1 Å². The summed E-state index contributed by atoms with van der Waals surface area (Å²) in [4.78, 5) is 15.7. The van der Waals surface area contributed by atoms with Crippen LogP contribution < -0.4 is 10.0 Å². The summed E-state index contributed by atoms with van der Waals surface area (Å²) in [5.41, 5.74) is 0.494. The highest BCUT2D eigenvalue weighted by Gasteiger charge is 2.30. The topological polar surface area (TPSA) is 87.6 Å². The Kier molecular flexibility index (Phi) is 3.08. The summed E-state index contributed by atoms with van der Waals surface area (Å²) in [5.74, 6) is -0.0622. The highest BCUT2D eigenvalue weighted by Crippen LogP contribution is 2.22. The summed E-state index contributed by atoms with van der Waals surface area (Å²) >= 11 is 0. The molecule has 1 atom stereocenters. The molecule has 0 aliphatic carbocycles. The first-order chi connectivity index (χ1) is 8.45. The van der Waals surface area contributed by atoms with Crippen molar-refractivity contribution in [3.8, 4) is 0 Å². The van der Waals surface area contributed by atoms with Crippen LogP contribution in [0.2, 0.25) is 0 Å². The van der Waals surface area contributed by atoms with E-state index < -0.39 is 16.1 Å². The second kappa shape index (κ2) is 4.41. The smallest absolute Gasteiger partial charge is 0.263 e. The highest BCUT2D eigenvalue weighted by atomic mass is 32.2. The van der Waals surface area contributed by atoms with Crippen LogP contribution in [0.5, 0.6) is 0 Å². The number of hydrogen-bond donors (Lipinski definition) is 2. The molecular weight excluding hydrogens is 254 g/mol. The first-order valence-electron chi connectivity index (χ1n) is 5.37. The Morgan fingerprint density at radius 2 is 2.06 bits per heavy atom. The zero-order valence-corrected chi connectivity index (χ0v) is 10.8. The fraction of sp³-hybridized carbons (Fsp3) is 0.273. The molecule has 2 N–H and O–H groups in total. The molecule has 2 rings (SSSR count). The van der Waals surface area contributed by atoms with Crippen LogP contribution >= 0.6 is 0 Å². The Morgan fingerprint density at radius 3 is 2.72 bits per heavy atom. The summed E-state index contributed by atoms with van der Waals surface area (Å²) in [7, 11) is -2.04. The van der Waals surface area contributed by atoms with E-state index in [4.69, 9.17) is 0 Å². The molecule has 1 unspecified atom stereocenters. The number of aliphatic imine (C=N–C) groups is 1. The van der Waals surface area contributed by atoms with Crippen molar-refractivity contribution in [1.29, 1.82) is 0 Å². The Hall–Kier alpha value is -1.89. The van der Waals surface area contributed by atoms with Crippen molar-refractivity contribution >= 4 is 21.8 Å². The number of hydrogen-bond acceptors (Lipinski definition) is 4. The lowest BCUT2D eigenvalue weighted by atomic mass is 10.2. The molecule has 1 amide bonds. The number of nitrogens with one attached hydrogen (secondary N) is 2. The molecule has 0 saturated heterocycles. The van der Waals surface area contributed by atoms with Crippen molar-refractivity contribution in [3.05, 3.63) is 29.8 Å². The third-order valence-corrected chi connectivity index (χ3v) is 4.01. The Morgan fingerprint density at radius 1 is 1.39 bits per heavy atom. The summed E-state index contributed by atoms with van der Waals surface area (Å²) in [6, 6.07) is 5.87. The van der Waals surface area contributed by atoms with E-state index in [1.807, 2.05) is 0 Å². The predicted molar refractivity (Wildman–Crippen MR) is 66.8 cm³/mol. The van der Waals surface area contributed by atoms with Gasteiger partial charge in [0.25, 0.3) is 10.0 Å². The first kappa shape index (κ1) is 12.6. The van der Waals surface area contributed by atoms with Crippen LogP contribution in [-0.2, 0) is 14.8 Å². The summed E-state index contributed by atoms with van der Waals surface area (Å²) in [6.07, 6.45) is 0. The van der Waals surface area contributed by atoms with Gasteiger partial charge in [-0.15, -0.1) is 0 Å². The summed E-state index contributed by atoms with van der Waals surface area (Å²) < 4.78 is 25.9. The van der Waals surface area contributed by atoms with Gasteiger partial charge >= 0.3 is 0 Å². The second-order valence-corrected chi connectivity index (χ2v) is 5.52. The number of amides is 1. The van der Waals surface area contributed by atoms with Gasteiger partial charge < -0.3 is 5.32 Å². The van der Waals surface area contributed by atoms with Crippen LogP contribution in [0, 0.1) is 0 Å². The van der Waals surface area contributed by atoms with E-state index in [0.29, 0.717) is 5.56 Å². The molecule has 1 aliphatic heterocycles. The zero-order chi connectivity index (χ0) is 13.3. The van der Waals surface area contributed by atoms with Crippen LogP contribution in [0.1, 0.15) is 12.5 Å². The number of carbonyl (C=O) groups is 1. The van der Waals surface area contributed by atoms with E-state index >= 15 is 0 Å². The number of likely N-dealkylation sites (N-methyl/N-ethyl adjacent to an activating group) is 1. The third-order valence-electron chi connectivity index (χ3n) is 2.61. The molecule has 1 heterocycles. The molecule has 0 spiro atoms. The van der Waals surface area contributed by atoms with Crippen molar-refractivity contribution in [2.45, 2.75) is 17.9 Å². The van der Waals surface area contributed by atoms with E-state index in [1.165, 1.54) is 13.1 Å².